The van der Waals surface area contributed by atoms with Gasteiger partial charge in [0.1, 0.15) is 5.82 Å². The Bertz CT molecular complexity index is 787. The molecule has 0 spiro atoms. The van der Waals surface area contributed by atoms with Crippen molar-refractivity contribution >= 4 is 16.7 Å². The van der Waals surface area contributed by atoms with Crippen LogP contribution in [0.1, 0.15) is 0 Å². The van der Waals surface area contributed by atoms with Crippen LogP contribution >= 0.6 is 0 Å². The number of nitrogens with zero attached hydrogens (tertiary/aromatic N) is 5. The van der Waals surface area contributed by atoms with Crippen LogP contribution in [-0.2, 0) is 4.74 Å². The Balaban J connectivity index is 1.89. The largest absolute Gasteiger partial charge is 0.378 e. The fourth-order valence-electron chi connectivity index (χ4n) is 2.61. The fraction of sp³-hybridized carbons (Fsp3) is 0.250. The number of pyridine rings is 2. The van der Waals surface area contributed by atoms with Gasteiger partial charge in [-0.3, -0.25) is 9.97 Å². The molecule has 1 aliphatic heterocycles. The van der Waals surface area contributed by atoms with Crippen molar-refractivity contribution in [3.05, 3.63) is 43.0 Å². The Morgan fingerprint density at radius 3 is 2.50 bits per heavy atom. The number of fused-ring (bicyclic) bond motifs is 1. The lowest BCUT2D eigenvalue weighted by atomic mass is 10.2. The molecule has 0 radical (unpaired) electrons. The van der Waals surface area contributed by atoms with Crippen LogP contribution in [0.3, 0.4) is 0 Å². The van der Waals surface area contributed by atoms with E-state index in [-0.39, 0.29) is 0 Å². The molecular formula is C16H15N5O. The topological polar surface area (TPSA) is 64.0 Å². The highest BCUT2D eigenvalue weighted by molar-refractivity contribution is 5.90. The monoisotopic (exact) mass is 293 g/mol. The predicted molar refractivity (Wildman–Crippen MR) is 83.6 cm³/mol. The molecule has 22 heavy (non-hydrogen) atoms. The van der Waals surface area contributed by atoms with Crippen LogP contribution in [0.15, 0.2) is 43.0 Å². The third-order valence-electron chi connectivity index (χ3n) is 3.73. The van der Waals surface area contributed by atoms with Crippen molar-refractivity contribution in [1.29, 1.82) is 0 Å². The predicted octanol–water partition coefficient (Wildman–Crippen LogP) is 1.92. The van der Waals surface area contributed by atoms with Gasteiger partial charge in [-0.2, -0.15) is 0 Å². The second kappa shape index (κ2) is 5.65. The van der Waals surface area contributed by atoms with Crippen LogP contribution in [0.25, 0.3) is 22.3 Å². The second-order valence-electron chi connectivity index (χ2n) is 5.10. The van der Waals surface area contributed by atoms with E-state index in [2.05, 4.69) is 19.9 Å². The lowest BCUT2D eigenvalue weighted by Crippen LogP contribution is -2.37. The molecule has 4 rings (SSSR count). The second-order valence-corrected chi connectivity index (χ2v) is 5.10. The van der Waals surface area contributed by atoms with Gasteiger partial charge in [0.15, 0.2) is 5.82 Å². The zero-order valence-corrected chi connectivity index (χ0v) is 12.0. The molecule has 6 nitrogen and oxygen atoms in total. The summed E-state index contributed by atoms with van der Waals surface area (Å²) >= 11 is 0. The lowest BCUT2D eigenvalue weighted by Gasteiger charge is -2.28. The minimum absolute atomic E-state index is 0.699. The van der Waals surface area contributed by atoms with Gasteiger partial charge in [0.2, 0.25) is 0 Å². The molecule has 3 aromatic rings. The lowest BCUT2D eigenvalue weighted by molar-refractivity contribution is 0.122. The highest BCUT2D eigenvalue weighted by Crippen LogP contribution is 2.27. The molecule has 0 amide bonds. The van der Waals surface area contributed by atoms with Crippen LogP contribution in [0.4, 0.5) is 5.82 Å². The summed E-state index contributed by atoms with van der Waals surface area (Å²) in [5.41, 5.74) is 1.81. The average Bonchev–Trinajstić information content (AvgIpc) is 2.62. The van der Waals surface area contributed by atoms with Crippen molar-refractivity contribution in [1.82, 2.24) is 19.9 Å². The Hall–Kier alpha value is -2.60. The Morgan fingerprint density at radius 1 is 0.909 bits per heavy atom. The van der Waals surface area contributed by atoms with E-state index >= 15 is 0 Å². The van der Waals surface area contributed by atoms with Gasteiger partial charge < -0.3 is 9.64 Å². The van der Waals surface area contributed by atoms with Crippen LogP contribution in [0.2, 0.25) is 0 Å². The quantitative estimate of drug-likeness (QED) is 0.719. The number of aromatic nitrogens is 4. The van der Waals surface area contributed by atoms with Crippen LogP contribution in [0, 0.1) is 0 Å². The van der Waals surface area contributed by atoms with Crippen molar-refractivity contribution in [2.75, 3.05) is 31.2 Å². The standard InChI is InChI=1S/C16H15N5O/c1-4-17-5-2-12(1)15-19-14-11-18-6-3-13(14)16(20-15)21-7-9-22-10-8-21/h1-6,11H,7-10H2. The van der Waals surface area contributed by atoms with E-state index in [1.807, 2.05) is 18.2 Å². The van der Waals surface area contributed by atoms with E-state index in [1.54, 1.807) is 24.8 Å². The maximum Gasteiger partial charge on any atom is 0.162 e. The first-order valence-electron chi connectivity index (χ1n) is 7.27. The van der Waals surface area contributed by atoms with Crippen LogP contribution < -0.4 is 4.90 Å². The summed E-state index contributed by atoms with van der Waals surface area (Å²) in [7, 11) is 0. The van der Waals surface area contributed by atoms with Crippen LogP contribution in [0.5, 0.6) is 0 Å². The van der Waals surface area contributed by atoms with Crippen molar-refractivity contribution in [3.63, 3.8) is 0 Å². The molecule has 0 unspecified atom stereocenters. The number of ether oxygens (including phenoxy) is 1. The summed E-state index contributed by atoms with van der Waals surface area (Å²) in [5, 5.41) is 1.02. The van der Waals surface area contributed by atoms with E-state index in [0.29, 0.717) is 5.82 Å². The van der Waals surface area contributed by atoms with Gasteiger partial charge in [-0.05, 0) is 18.2 Å². The Labute approximate surface area is 127 Å². The Morgan fingerprint density at radius 2 is 1.68 bits per heavy atom. The molecule has 0 aromatic carbocycles. The van der Waals surface area contributed by atoms with Gasteiger partial charge in [-0.1, -0.05) is 0 Å². The van der Waals surface area contributed by atoms with E-state index < -0.39 is 0 Å². The molecule has 0 saturated carbocycles. The maximum absolute atomic E-state index is 5.44. The minimum atomic E-state index is 0.699. The summed E-state index contributed by atoms with van der Waals surface area (Å²) in [6.45, 7) is 3.12. The molecule has 1 saturated heterocycles. The summed E-state index contributed by atoms with van der Waals surface area (Å²) < 4.78 is 5.44. The molecule has 0 bridgehead atoms. The summed E-state index contributed by atoms with van der Waals surface area (Å²) in [6, 6.07) is 5.80. The molecule has 3 aromatic heterocycles. The number of rotatable bonds is 2. The molecule has 0 atom stereocenters. The fourth-order valence-corrected chi connectivity index (χ4v) is 2.61. The molecular weight excluding hydrogens is 278 g/mol. The molecule has 110 valence electrons. The minimum Gasteiger partial charge on any atom is -0.378 e. The van der Waals surface area contributed by atoms with Gasteiger partial charge in [0, 0.05) is 42.6 Å². The first kappa shape index (κ1) is 13.1. The Kier molecular flexibility index (Phi) is 3.36. The maximum atomic E-state index is 5.44. The van der Waals surface area contributed by atoms with Crippen molar-refractivity contribution in [2.45, 2.75) is 0 Å². The van der Waals surface area contributed by atoms with Crippen molar-refractivity contribution < 1.29 is 4.74 Å². The first-order valence-corrected chi connectivity index (χ1v) is 7.27. The molecule has 0 N–H and O–H groups in total. The van der Waals surface area contributed by atoms with E-state index in [0.717, 1.165) is 48.6 Å². The van der Waals surface area contributed by atoms with Gasteiger partial charge in [-0.25, -0.2) is 9.97 Å². The van der Waals surface area contributed by atoms with E-state index in [4.69, 9.17) is 9.72 Å². The van der Waals surface area contributed by atoms with Gasteiger partial charge in [0.05, 0.1) is 24.9 Å². The van der Waals surface area contributed by atoms with Crippen LogP contribution in [-0.4, -0.2) is 46.2 Å². The highest BCUT2D eigenvalue weighted by atomic mass is 16.5. The SMILES string of the molecule is c1cc(-c2nc(N3CCOCC3)c3ccncc3n2)ccn1. The third kappa shape index (κ3) is 2.37. The zero-order valence-electron chi connectivity index (χ0n) is 12.0. The van der Waals surface area contributed by atoms with E-state index in [1.165, 1.54) is 0 Å². The third-order valence-corrected chi connectivity index (χ3v) is 3.73. The smallest absolute Gasteiger partial charge is 0.162 e. The van der Waals surface area contributed by atoms with Gasteiger partial charge >= 0.3 is 0 Å². The first-order chi connectivity index (χ1) is 10.9. The molecule has 1 fully saturated rings. The number of morpholine rings is 1. The van der Waals surface area contributed by atoms with E-state index in [9.17, 15) is 0 Å². The molecule has 0 aliphatic carbocycles. The van der Waals surface area contributed by atoms with Crippen molar-refractivity contribution in [2.24, 2.45) is 0 Å². The molecule has 4 heterocycles. The summed E-state index contributed by atoms with van der Waals surface area (Å²) in [4.78, 5) is 19.9. The van der Waals surface area contributed by atoms with Gasteiger partial charge in [0.25, 0.3) is 0 Å². The zero-order chi connectivity index (χ0) is 14.8. The van der Waals surface area contributed by atoms with Crippen molar-refractivity contribution in [3.8, 4) is 11.4 Å². The van der Waals surface area contributed by atoms with Gasteiger partial charge in [-0.15, -0.1) is 0 Å². The average molecular weight is 293 g/mol. The normalized spacial score (nSPS) is 15.2. The number of anilines is 1. The molecule has 1 aliphatic rings. The summed E-state index contributed by atoms with van der Waals surface area (Å²) in [5.74, 6) is 1.65. The summed E-state index contributed by atoms with van der Waals surface area (Å²) in [6.07, 6.45) is 7.06. The number of hydrogen-bond donors (Lipinski definition) is 0. The number of hydrogen-bond acceptors (Lipinski definition) is 6. The molecule has 6 heteroatoms. The highest BCUT2D eigenvalue weighted by Gasteiger charge is 2.17.